The van der Waals surface area contributed by atoms with Crippen LogP contribution in [0.3, 0.4) is 0 Å². The zero-order chi connectivity index (χ0) is 22.1. The maximum Gasteiger partial charge on any atom is 0.239 e. The lowest BCUT2D eigenvalue weighted by Gasteiger charge is -2.26. The van der Waals surface area contributed by atoms with Crippen LogP contribution in [0.1, 0.15) is 56.3 Å². The van der Waals surface area contributed by atoms with Gasteiger partial charge in [0.05, 0.1) is 19.4 Å². The van der Waals surface area contributed by atoms with Crippen molar-refractivity contribution in [3.05, 3.63) is 48.0 Å². The molecule has 1 saturated carbocycles. The second-order valence-electron chi connectivity index (χ2n) is 8.00. The number of carbonyl (C=O) groups excluding carboxylic acids is 3. The average Bonchev–Trinajstić information content (AvgIpc) is 3.25. The summed E-state index contributed by atoms with van der Waals surface area (Å²) >= 11 is 0. The van der Waals surface area contributed by atoms with Gasteiger partial charge in [-0.25, -0.2) is 4.98 Å². The second-order valence-corrected chi connectivity index (χ2v) is 8.00. The highest BCUT2D eigenvalue weighted by atomic mass is 16.3. The molecule has 2 aromatic heterocycles. The van der Waals surface area contributed by atoms with Gasteiger partial charge >= 0.3 is 0 Å². The summed E-state index contributed by atoms with van der Waals surface area (Å²) in [6.45, 7) is 2.04. The van der Waals surface area contributed by atoms with Crippen LogP contribution in [0.5, 0.6) is 0 Å². The first-order valence-corrected chi connectivity index (χ1v) is 10.8. The summed E-state index contributed by atoms with van der Waals surface area (Å²) in [5.74, 6) is 0.294. The van der Waals surface area contributed by atoms with Gasteiger partial charge in [-0.05, 0) is 49.6 Å². The minimum atomic E-state index is -0.295. The highest BCUT2D eigenvalue weighted by Gasteiger charge is 2.22. The molecule has 0 unspecified atom stereocenters. The minimum absolute atomic E-state index is 0.00489. The summed E-state index contributed by atoms with van der Waals surface area (Å²) in [6.07, 6.45) is 8.54. The van der Waals surface area contributed by atoms with Gasteiger partial charge in [0.25, 0.3) is 0 Å². The van der Waals surface area contributed by atoms with Gasteiger partial charge in [0.15, 0.2) is 0 Å². The third-order valence-electron chi connectivity index (χ3n) is 5.33. The van der Waals surface area contributed by atoms with E-state index in [0.717, 1.165) is 31.2 Å². The van der Waals surface area contributed by atoms with Crippen molar-refractivity contribution in [1.82, 2.24) is 15.2 Å². The molecule has 3 amide bonds. The molecule has 166 valence electrons. The zero-order valence-electron chi connectivity index (χ0n) is 17.9. The van der Waals surface area contributed by atoms with Crippen molar-refractivity contribution in [1.29, 1.82) is 0 Å². The molecule has 3 rings (SSSR count). The van der Waals surface area contributed by atoms with Crippen molar-refractivity contribution in [3.8, 4) is 0 Å². The Labute approximate surface area is 182 Å². The molecular formula is C23H30N4O4. The molecule has 1 aliphatic rings. The summed E-state index contributed by atoms with van der Waals surface area (Å²) in [6, 6.07) is 7.27. The number of amides is 3. The quantitative estimate of drug-likeness (QED) is 0.641. The lowest BCUT2D eigenvalue weighted by molar-refractivity contribution is -0.138. The summed E-state index contributed by atoms with van der Waals surface area (Å²) in [5.41, 5.74) is 0.981. The number of aromatic nitrogens is 1. The van der Waals surface area contributed by atoms with Crippen LogP contribution in [0.4, 0.5) is 5.82 Å². The molecule has 1 aliphatic carbocycles. The van der Waals surface area contributed by atoms with Crippen molar-refractivity contribution < 1.29 is 18.8 Å². The Morgan fingerprint density at radius 2 is 1.94 bits per heavy atom. The molecule has 0 aliphatic heterocycles. The van der Waals surface area contributed by atoms with Gasteiger partial charge in [0.2, 0.25) is 17.7 Å². The molecule has 2 heterocycles. The van der Waals surface area contributed by atoms with Gasteiger partial charge in [-0.15, -0.1) is 0 Å². The smallest absolute Gasteiger partial charge is 0.239 e. The largest absolute Gasteiger partial charge is 0.467 e. The predicted molar refractivity (Wildman–Crippen MR) is 116 cm³/mol. The molecule has 2 N–H and O–H groups in total. The molecule has 31 heavy (non-hydrogen) atoms. The number of rotatable bonds is 9. The monoisotopic (exact) mass is 426 g/mol. The number of nitrogens with one attached hydrogen (secondary N) is 2. The number of nitrogens with zero attached hydrogens (tertiary/aromatic N) is 2. The minimum Gasteiger partial charge on any atom is -0.467 e. The van der Waals surface area contributed by atoms with E-state index in [1.54, 1.807) is 24.4 Å². The summed E-state index contributed by atoms with van der Waals surface area (Å²) in [4.78, 5) is 43.1. The van der Waals surface area contributed by atoms with Crippen LogP contribution < -0.4 is 10.6 Å². The summed E-state index contributed by atoms with van der Waals surface area (Å²) in [5, 5.41) is 5.73. The first kappa shape index (κ1) is 22.5. The molecule has 8 heteroatoms. The van der Waals surface area contributed by atoms with Crippen molar-refractivity contribution in [2.45, 2.75) is 64.5 Å². The van der Waals surface area contributed by atoms with Gasteiger partial charge in [-0.3, -0.25) is 14.4 Å². The Morgan fingerprint density at radius 1 is 1.13 bits per heavy atom. The van der Waals surface area contributed by atoms with Crippen LogP contribution >= 0.6 is 0 Å². The predicted octanol–water partition coefficient (Wildman–Crippen LogP) is 3.18. The highest BCUT2D eigenvalue weighted by Crippen LogP contribution is 2.17. The van der Waals surface area contributed by atoms with Gasteiger partial charge < -0.3 is 20.0 Å². The third kappa shape index (κ3) is 7.55. The van der Waals surface area contributed by atoms with E-state index < -0.39 is 0 Å². The fourth-order valence-corrected chi connectivity index (χ4v) is 3.70. The first-order valence-electron chi connectivity index (χ1n) is 10.8. The fourth-order valence-electron chi connectivity index (χ4n) is 3.70. The molecule has 0 radical (unpaired) electrons. The van der Waals surface area contributed by atoms with Crippen molar-refractivity contribution >= 4 is 23.5 Å². The van der Waals surface area contributed by atoms with E-state index in [4.69, 9.17) is 4.42 Å². The van der Waals surface area contributed by atoms with Crippen molar-refractivity contribution in [2.24, 2.45) is 0 Å². The van der Waals surface area contributed by atoms with Gasteiger partial charge in [0, 0.05) is 25.1 Å². The Bertz CT molecular complexity index is 875. The topological polar surface area (TPSA) is 105 Å². The van der Waals surface area contributed by atoms with E-state index in [2.05, 4.69) is 15.6 Å². The molecule has 1 fully saturated rings. The average molecular weight is 427 g/mol. The van der Waals surface area contributed by atoms with Gasteiger partial charge in [-0.1, -0.05) is 19.3 Å². The van der Waals surface area contributed by atoms with Crippen LogP contribution in [0, 0.1) is 6.92 Å². The Hall–Kier alpha value is -3.16. The van der Waals surface area contributed by atoms with E-state index in [1.807, 2.05) is 13.0 Å². The lowest BCUT2D eigenvalue weighted by Crippen LogP contribution is -2.44. The number of hydrogen-bond donors (Lipinski definition) is 2. The number of furan rings is 1. The van der Waals surface area contributed by atoms with Gasteiger partial charge in [0.1, 0.15) is 11.6 Å². The Kier molecular flexibility index (Phi) is 8.20. The molecule has 0 aromatic carbocycles. The van der Waals surface area contributed by atoms with Crippen LogP contribution in [-0.2, 0) is 20.9 Å². The Morgan fingerprint density at radius 3 is 2.65 bits per heavy atom. The third-order valence-corrected chi connectivity index (χ3v) is 5.33. The maximum absolute atomic E-state index is 12.8. The second kappa shape index (κ2) is 11.3. The molecule has 0 spiro atoms. The number of anilines is 1. The number of pyridine rings is 1. The standard InChI is InChI=1S/C23H30N4O4/c1-17-11-12-24-20(14-17)26-21(28)9-10-23(30)27(15-19-8-5-13-31-19)16-22(29)25-18-6-3-2-4-7-18/h5,8,11-14,18H,2-4,6-7,9-10,15-16H2,1H3,(H,25,29)(H,24,26,28). The number of aryl methyl sites for hydroxylation is 1. The van der Waals surface area contributed by atoms with E-state index in [9.17, 15) is 14.4 Å². The SMILES string of the molecule is Cc1ccnc(NC(=O)CCC(=O)N(CC(=O)NC2CCCCC2)Cc2ccco2)c1. The fraction of sp³-hybridized carbons (Fsp3) is 0.478. The van der Waals surface area contributed by atoms with E-state index in [0.29, 0.717) is 11.6 Å². The lowest BCUT2D eigenvalue weighted by atomic mass is 9.95. The van der Waals surface area contributed by atoms with Crippen LogP contribution in [-0.4, -0.2) is 40.2 Å². The van der Waals surface area contributed by atoms with E-state index >= 15 is 0 Å². The van der Waals surface area contributed by atoms with Gasteiger partial charge in [-0.2, -0.15) is 0 Å². The maximum atomic E-state index is 12.8. The highest BCUT2D eigenvalue weighted by molar-refractivity contribution is 5.93. The number of hydrogen-bond acceptors (Lipinski definition) is 5. The summed E-state index contributed by atoms with van der Waals surface area (Å²) < 4.78 is 5.35. The van der Waals surface area contributed by atoms with Crippen molar-refractivity contribution in [2.75, 3.05) is 11.9 Å². The zero-order valence-corrected chi connectivity index (χ0v) is 17.9. The number of carbonyl (C=O) groups is 3. The van der Waals surface area contributed by atoms with Crippen LogP contribution in [0.2, 0.25) is 0 Å². The molecule has 0 atom stereocenters. The van der Waals surface area contributed by atoms with Crippen LogP contribution in [0.25, 0.3) is 0 Å². The Balaban J connectivity index is 1.53. The summed E-state index contributed by atoms with van der Waals surface area (Å²) in [7, 11) is 0. The van der Waals surface area contributed by atoms with Crippen molar-refractivity contribution in [3.63, 3.8) is 0 Å². The first-order chi connectivity index (χ1) is 15.0. The van der Waals surface area contributed by atoms with E-state index in [-0.39, 0.29) is 49.7 Å². The molecule has 0 saturated heterocycles. The van der Waals surface area contributed by atoms with Crippen LogP contribution in [0.15, 0.2) is 41.1 Å². The van der Waals surface area contributed by atoms with E-state index in [1.165, 1.54) is 17.6 Å². The normalized spacial score (nSPS) is 14.1. The molecule has 0 bridgehead atoms. The molecule has 8 nitrogen and oxygen atoms in total. The molecule has 2 aromatic rings. The molecular weight excluding hydrogens is 396 g/mol.